The second-order valence-corrected chi connectivity index (χ2v) is 10.2. The lowest BCUT2D eigenvalue weighted by Gasteiger charge is -2.33. The number of carbonyl (C=O) groups excluding carboxylic acids is 1. The third kappa shape index (κ3) is 4.29. The van der Waals surface area contributed by atoms with E-state index in [9.17, 15) is 17.6 Å². The molecule has 2 aromatic carbocycles. The molecule has 0 unspecified atom stereocenters. The van der Waals surface area contributed by atoms with E-state index < -0.39 is 21.7 Å². The molecule has 1 N–H and O–H groups in total. The predicted octanol–water partition coefficient (Wildman–Crippen LogP) is 4.25. The first kappa shape index (κ1) is 21.8. The molecule has 0 bridgehead atoms. The quantitative estimate of drug-likeness (QED) is 0.527. The molecule has 1 saturated carbocycles. The lowest BCUT2D eigenvalue weighted by atomic mass is 10.1. The van der Waals surface area contributed by atoms with Crippen molar-refractivity contribution in [2.45, 2.75) is 37.5 Å². The van der Waals surface area contributed by atoms with Crippen LogP contribution in [0.25, 0.3) is 11.0 Å². The smallest absolute Gasteiger partial charge is 0.300 e. The Morgan fingerprint density at radius 3 is 2.70 bits per heavy atom. The maximum atomic E-state index is 14.6. The molecule has 2 fully saturated rings. The molecular weight excluding hydrogens is 447 g/mol. The van der Waals surface area contributed by atoms with Gasteiger partial charge in [-0.1, -0.05) is 19.1 Å². The van der Waals surface area contributed by atoms with Crippen LogP contribution >= 0.6 is 0 Å². The average Bonchev–Trinajstić information content (AvgIpc) is 3.46. The third-order valence-electron chi connectivity index (χ3n) is 6.13. The van der Waals surface area contributed by atoms with Crippen molar-refractivity contribution in [2.75, 3.05) is 24.6 Å². The van der Waals surface area contributed by atoms with Gasteiger partial charge in [0.1, 0.15) is 22.0 Å². The second-order valence-electron chi connectivity index (χ2n) is 8.58. The van der Waals surface area contributed by atoms with Crippen LogP contribution in [0.15, 0.2) is 45.7 Å². The number of nitrogens with one attached hydrogen (secondary N) is 1. The Hall–Kier alpha value is -3.07. The number of nitrogens with zero attached hydrogens (tertiary/aromatic N) is 1. The van der Waals surface area contributed by atoms with E-state index in [1.54, 1.807) is 24.3 Å². The lowest BCUT2D eigenvalue weighted by Crippen LogP contribution is -2.36. The summed E-state index contributed by atoms with van der Waals surface area (Å²) in [5, 5.41) is 0.129. The zero-order chi connectivity index (χ0) is 23.2. The highest BCUT2D eigenvalue weighted by molar-refractivity contribution is 7.90. The molecule has 33 heavy (non-hydrogen) atoms. The van der Waals surface area contributed by atoms with Crippen molar-refractivity contribution in [1.29, 1.82) is 0 Å². The summed E-state index contributed by atoms with van der Waals surface area (Å²) in [5.74, 6) is -1.10. The molecule has 1 aliphatic heterocycles. The molecule has 9 heteroatoms. The maximum absolute atomic E-state index is 14.6. The fraction of sp³-hybridized carbons (Fsp3) is 0.375. The molecule has 174 valence electrons. The number of ether oxygens (including phenoxy) is 1. The van der Waals surface area contributed by atoms with Gasteiger partial charge < -0.3 is 14.1 Å². The zero-order valence-corrected chi connectivity index (χ0v) is 19.1. The van der Waals surface area contributed by atoms with Gasteiger partial charge in [-0.3, -0.25) is 4.79 Å². The van der Waals surface area contributed by atoms with Crippen LogP contribution in [0.5, 0.6) is 5.75 Å². The van der Waals surface area contributed by atoms with Crippen LogP contribution in [0.1, 0.15) is 42.3 Å². The zero-order valence-electron chi connectivity index (χ0n) is 18.3. The van der Waals surface area contributed by atoms with Crippen molar-refractivity contribution in [3.8, 4) is 5.75 Å². The Balaban J connectivity index is 1.43. The highest BCUT2D eigenvalue weighted by atomic mass is 32.2. The topological polar surface area (TPSA) is 88.8 Å². The molecule has 0 spiro atoms. The van der Waals surface area contributed by atoms with Gasteiger partial charge in [0, 0.05) is 30.9 Å². The summed E-state index contributed by atoms with van der Waals surface area (Å²) in [5.41, 5.74) is 1.41. The van der Waals surface area contributed by atoms with Crippen LogP contribution in [0.4, 0.5) is 10.1 Å². The Kier molecular flexibility index (Phi) is 5.52. The van der Waals surface area contributed by atoms with E-state index in [2.05, 4.69) is 4.72 Å². The number of furan rings is 1. The first-order valence-corrected chi connectivity index (χ1v) is 12.6. The third-order valence-corrected chi connectivity index (χ3v) is 7.58. The SMILES string of the molecule is CCc1cccc(OCC2CC2)c1S(=O)(=O)NC(=O)c1cc2c(F)cc(N3CCC3)cc2o1. The monoisotopic (exact) mass is 472 g/mol. The average molecular weight is 473 g/mol. The number of aryl methyl sites for hydroxylation is 1. The van der Waals surface area contributed by atoms with Crippen molar-refractivity contribution in [3.05, 3.63) is 53.5 Å². The first-order chi connectivity index (χ1) is 15.9. The van der Waals surface area contributed by atoms with Crippen LogP contribution in [-0.4, -0.2) is 34.0 Å². The second kappa shape index (κ2) is 8.37. The van der Waals surface area contributed by atoms with Crippen molar-refractivity contribution in [1.82, 2.24) is 4.72 Å². The molecule has 0 radical (unpaired) electrons. The van der Waals surface area contributed by atoms with Gasteiger partial charge in [-0.15, -0.1) is 0 Å². The van der Waals surface area contributed by atoms with Crippen LogP contribution in [0.2, 0.25) is 0 Å². The summed E-state index contributed by atoms with van der Waals surface area (Å²) >= 11 is 0. The normalized spacial score (nSPS) is 16.0. The fourth-order valence-electron chi connectivity index (χ4n) is 3.93. The van der Waals surface area contributed by atoms with Gasteiger partial charge in [-0.05, 0) is 49.3 Å². The van der Waals surface area contributed by atoms with Crippen molar-refractivity contribution in [3.63, 3.8) is 0 Å². The summed E-state index contributed by atoms with van der Waals surface area (Å²) < 4.78 is 54.4. The first-order valence-electron chi connectivity index (χ1n) is 11.2. The molecule has 3 aromatic rings. The number of rotatable bonds is 8. The van der Waals surface area contributed by atoms with Gasteiger partial charge in [0.05, 0.1) is 12.0 Å². The number of sulfonamides is 1. The molecule has 7 nitrogen and oxygen atoms in total. The molecule has 0 atom stereocenters. The fourth-order valence-corrected chi connectivity index (χ4v) is 5.32. The highest BCUT2D eigenvalue weighted by Crippen LogP contribution is 2.34. The highest BCUT2D eigenvalue weighted by Gasteiger charge is 2.29. The van der Waals surface area contributed by atoms with Gasteiger partial charge in [0.25, 0.3) is 10.0 Å². The van der Waals surface area contributed by atoms with E-state index in [0.29, 0.717) is 30.2 Å². The Bertz CT molecular complexity index is 1330. The Morgan fingerprint density at radius 1 is 1.24 bits per heavy atom. The summed E-state index contributed by atoms with van der Waals surface area (Å²) in [7, 11) is -4.26. The van der Waals surface area contributed by atoms with E-state index >= 15 is 0 Å². The minimum absolute atomic E-state index is 0.0520. The van der Waals surface area contributed by atoms with Gasteiger partial charge in [-0.2, -0.15) is 0 Å². The molecular formula is C24H25FN2O5S. The summed E-state index contributed by atoms with van der Waals surface area (Å²) in [6.45, 7) is 3.93. The molecule has 2 heterocycles. The van der Waals surface area contributed by atoms with E-state index in [4.69, 9.17) is 9.15 Å². The van der Waals surface area contributed by atoms with Gasteiger partial charge in [0.2, 0.25) is 0 Å². The van der Waals surface area contributed by atoms with Gasteiger partial charge in [0.15, 0.2) is 5.76 Å². The van der Waals surface area contributed by atoms with E-state index in [1.165, 1.54) is 12.1 Å². The number of carbonyl (C=O) groups is 1. The number of benzene rings is 2. The largest absolute Gasteiger partial charge is 0.492 e. The van der Waals surface area contributed by atoms with Crippen molar-refractivity contribution < 1.29 is 26.8 Å². The standard InChI is InChI=1S/C24H25FN2O5S/c1-2-16-5-3-6-20(31-14-15-7-8-15)23(16)33(29,30)26-24(28)22-13-18-19(25)11-17(12-21(18)32-22)27-9-4-10-27/h3,5-6,11-13,15H,2,4,7-10,14H2,1H3,(H,26,28). The minimum atomic E-state index is -4.26. The van der Waals surface area contributed by atoms with Crippen molar-refractivity contribution in [2.24, 2.45) is 5.92 Å². The number of fused-ring (bicyclic) bond motifs is 1. The maximum Gasteiger partial charge on any atom is 0.300 e. The molecule has 5 rings (SSSR count). The summed E-state index contributed by atoms with van der Waals surface area (Å²) in [6.07, 6.45) is 3.61. The van der Waals surface area contributed by atoms with Crippen LogP contribution in [-0.2, 0) is 16.4 Å². The van der Waals surface area contributed by atoms with Gasteiger partial charge >= 0.3 is 5.91 Å². The van der Waals surface area contributed by atoms with Crippen LogP contribution < -0.4 is 14.4 Å². The molecule has 1 saturated heterocycles. The van der Waals surface area contributed by atoms with Crippen LogP contribution in [0.3, 0.4) is 0 Å². The number of amides is 1. The van der Waals surface area contributed by atoms with E-state index in [0.717, 1.165) is 32.4 Å². The van der Waals surface area contributed by atoms with E-state index in [-0.39, 0.29) is 27.4 Å². The molecule has 1 aromatic heterocycles. The number of halogens is 1. The molecule has 2 aliphatic rings. The number of hydrogen-bond donors (Lipinski definition) is 1. The Morgan fingerprint density at radius 2 is 2.03 bits per heavy atom. The summed E-state index contributed by atoms with van der Waals surface area (Å²) in [6, 6.07) is 9.31. The van der Waals surface area contributed by atoms with Crippen molar-refractivity contribution >= 4 is 32.6 Å². The van der Waals surface area contributed by atoms with E-state index in [1.807, 2.05) is 11.8 Å². The van der Waals surface area contributed by atoms with Gasteiger partial charge in [-0.25, -0.2) is 17.5 Å². The Labute approximate surface area is 191 Å². The van der Waals surface area contributed by atoms with Crippen LogP contribution in [0, 0.1) is 11.7 Å². The number of hydrogen-bond acceptors (Lipinski definition) is 6. The predicted molar refractivity (Wildman–Crippen MR) is 122 cm³/mol. The summed E-state index contributed by atoms with van der Waals surface area (Å²) in [4.78, 5) is 14.8. The lowest BCUT2D eigenvalue weighted by molar-refractivity contribution is 0.0956. The minimum Gasteiger partial charge on any atom is -0.492 e. The molecule has 1 amide bonds. The molecule has 1 aliphatic carbocycles. The number of anilines is 1.